The molecule has 6 rings (SSSR count). The Hall–Kier alpha value is -5.00. The number of alkyl halides is 3. The van der Waals surface area contributed by atoms with Gasteiger partial charge in [-0.05, 0) is 129 Å². The van der Waals surface area contributed by atoms with Crippen LogP contribution in [0.1, 0.15) is 103 Å². The van der Waals surface area contributed by atoms with E-state index in [9.17, 15) is 33.1 Å². The Labute approximate surface area is 432 Å². The Morgan fingerprint density at radius 3 is 2.29 bits per heavy atom. The third-order valence-corrected chi connectivity index (χ3v) is 14.9. The van der Waals surface area contributed by atoms with Crippen LogP contribution in [0.15, 0.2) is 72.2 Å². The molecule has 2 fully saturated rings. The number of aliphatic hydroxyl groups excluding tert-OH is 1. The van der Waals surface area contributed by atoms with E-state index in [0.717, 1.165) is 59.7 Å². The van der Waals surface area contributed by atoms with E-state index in [1.807, 2.05) is 12.4 Å². The number of thiocarbonyl (C=S) groups is 1. The maximum atomic E-state index is 13.8. The van der Waals surface area contributed by atoms with Crippen molar-refractivity contribution in [3.8, 4) is 22.3 Å². The highest BCUT2D eigenvalue weighted by atomic mass is 32.1. The molecule has 3 N–H and O–H groups in total. The number of aliphatic hydroxyl groups is 1. The summed E-state index contributed by atoms with van der Waals surface area (Å²) in [4.78, 5) is 37.3. The molecule has 2 aliphatic heterocycles. The predicted octanol–water partition coefficient (Wildman–Crippen LogP) is 9.88. The number of aromatic nitrogens is 1. The van der Waals surface area contributed by atoms with Crippen LogP contribution in [0.4, 0.5) is 24.5 Å². The van der Waals surface area contributed by atoms with Crippen LogP contribution in [0, 0.1) is 35.0 Å². The zero-order valence-corrected chi connectivity index (χ0v) is 44.5. The molecule has 1 unspecified atom stereocenters. The molecule has 2 amide bonds. The first-order valence-electron chi connectivity index (χ1n) is 24.5. The number of carbonyl (C=O) groups excluding carboxylic acids is 2. The van der Waals surface area contributed by atoms with Crippen LogP contribution in [0.3, 0.4) is 0 Å². The van der Waals surface area contributed by atoms with Crippen molar-refractivity contribution in [1.82, 2.24) is 20.5 Å². The molecule has 3 heterocycles. The molecular formula is C54H70F3N7O6S2. The highest BCUT2D eigenvalue weighted by molar-refractivity contribution is 7.81. The first kappa shape index (κ1) is 56.3. The zero-order valence-electron chi connectivity index (χ0n) is 42.9. The average Bonchev–Trinajstić information content (AvgIpc) is 3.97. The van der Waals surface area contributed by atoms with Gasteiger partial charge in [-0.15, -0.1) is 11.3 Å². The number of hydrogen-bond donors (Lipinski definition) is 3. The predicted molar refractivity (Wildman–Crippen MR) is 280 cm³/mol. The smallest absolute Gasteiger partial charge is 0.417 e. The Kier molecular flexibility index (Phi) is 18.7. The third-order valence-electron chi connectivity index (χ3n) is 13.5. The standard InChI is InChI=1S/C54H70F3N7O6S2/c1-35-27-44(48(66)59-30-37-11-13-38(14-12-37)47-36(2)60-34-72-47)62(31-35)32-45(51(3,4)5)61-46(65)33-69-24-10-23-68-25-21-52(6,7)22-26-70-42-19-17-40(18-20-42)64-50(71)63(49(67)53(64,8)9)41-16-15-39(29-58)43(28-41)54(55,56)57/h11-20,28,34-35,44-45,48,59,66H,10,21-27,30-33H2,1-9H3,(H,61,65)/t35-,44+,45-,48?/m1/s1. The monoisotopic (exact) mass is 1030 g/mol. The van der Waals surface area contributed by atoms with E-state index in [4.69, 9.17) is 26.4 Å². The minimum absolute atomic E-state index is 0.0160. The number of likely N-dealkylation sites (tertiary alicyclic amines) is 1. The van der Waals surface area contributed by atoms with Crippen LogP contribution in [-0.4, -0.2) is 102 Å². The fourth-order valence-electron chi connectivity index (χ4n) is 9.03. The molecule has 0 radical (unpaired) electrons. The molecular weight excluding hydrogens is 964 g/mol. The summed E-state index contributed by atoms with van der Waals surface area (Å²) in [6, 6.07) is 19.8. The molecule has 4 atom stereocenters. The summed E-state index contributed by atoms with van der Waals surface area (Å²) in [6.45, 7) is 22.0. The van der Waals surface area contributed by atoms with Crippen LogP contribution < -0.4 is 25.2 Å². The number of hydrogen-bond acceptors (Lipinski definition) is 12. The van der Waals surface area contributed by atoms with E-state index in [-0.39, 0.29) is 46.2 Å². The van der Waals surface area contributed by atoms with Gasteiger partial charge in [0.15, 0.2) is 5.11 Å². The first-order valence-corrected chi connectivity index (χ1v) is 25.8. The summed E-state index contributed by atoms with van der Waals surface area (Å²) >= 11 is 7.29. The number of nitriles is 1. The lowest BCUT2D eigenvalue weighted by atomic mass is 9.86. The highest BCUT2D eigenvalue weighted by Crippen LogP contribution is 2.40. The third kappa shape index (κ3) is 14.4. The Balaban J connectivity index is 0.866. The van der Waals surface area contributed by atoms with Crippen molar-refractivity contribution in [3.63, 3.8) is 0 Å². The van der Waals surface area contributed by atoms with Gasteiger partial charge in [0.2, 0.25) is 5.91 Å². The normalized spacial score (nSPS) is 18.4. The van der Waals surface area contributed by atoms with Crippen molar-refractivity contribution in [2.45, 2.75) is 125 Å². The fourth-order valence-corrected chi connectivity index (χ4v) is 10.4. The van der Waals surface area contributed by atoms with E-state index < -0.39 is 35.0 Å². The maximum absolute atomic E-state index is 13.8. The number of carbonyl (C=O) groups is 2. The lowest BCUT2D eigenvalue weighted by molar-refractivity contribution is -0.137. The van der Waals surface area contributed by atoms with Crippen molar-refractivity contribution in [2.24, 2.45) is 16.7 Å². The topological polar surface area (TPSA) is 153 Å². The van der Waals surface area contributed by atoms with Gasteiger partial charge < -0.3 is 29.5 Å². The van der Waals surface area contributed by atoms with Gasteiger partial charge in [0.1, 0.15) is 24.1 Å². The van der Waals surface area contributed by atoms with Crippen molar-refractivity contribution < 1.29 is 42.1 Å². The van der Waals surface area contributed by atoms with Gasteiger partial charge in [-0.1, -0.05) is 65.8 Å². The molecule has 13 nitrogen and oxygen atoms in total. The Morgan fingerprint density at radius 1 is 0.986 bits per heavy atom. The van der Waals surface area contributed by atoms with Gasteiger partial charge in [-0.3, -0.25) is 24.7 Å². The molecule has 0 saturated carbocycles. The lowest BCUT2D eigenvalue weighted by Crippen LogP contribution is -2.55. The van der Waals surface area contributed by atoms with Gasteiger partial charge in [-0.2, -0.15) is 18.4 Å². The molecule has 2 aliphatic rings. The average molecular weight is 1030 g/mol. The molecule has 4 aromatic rings. The van der Waals surface area contributed by atoms with E-state index >= 15 is 0 Å². The number of nitrogens with one attached hydrogen (secondary N) is 2. The second kappa shape index (κ2) is 23.9. The van der Waals surface area contributed by atoms with Crippen LogP contribution >= 0.6 is 23.6 Å². The lowest BCUT2D eigenvalue weighted by Gasteiger charge is -2.38. The molecule has 2 saturated heterocycles. The molecule has 390 valence electrons. The number of nitrogens with zero attached hydrogens (tertiary/aromatic N) is 5. The molecule has 1 aromatic heterocycles. The van der Waals surface area contributed by atoms with Gasteiger partial charge >= 0.3 is 6.18 Å². The quantitative estimate of drug-likeness (QED) is 0.0369. The largest absolute Gasteiger partial charge is 0.494 e. The Bertz CT molecular complexity index is 2520. The number of anilines is 2. The van der Waals surface area contributed by atoms with Crippen molar-refractivity contribution in [3.05, 3.63) is 94.6 Å². The zero-order chi connectivity index (χ0) is 52.6. The maximum Gasteiger partial charge on any atom is 0.417 e. The SMILES string of the molecule is Cc1ncsc1-c1ccc(CNC(O)[C@@H]2C[C@@H](C)CN2C[C@@H](NC(=O)COCCCOCCC(C)(C)CCOc2ccc(N3C(=S)N(c4ccc(C#N)c(C(F)(F)F)c4)C(=O)C3(C)C)cc2)C(C)(C)C)cc1. The molecule has 3 aromatic carbocycles. The second-order valence-corrected chi connectivity index (χ2v) is 22.5. The van der Waals surface area contributed by atoms with E-state index in [0.29, 0.717) is 63.3 Å². The van der Waals surface area contributed by atoms with E-state index in [2.05, 4.69) is 86.3 Å². The number of rotatable bonds is 23. The van der Waals surface area contributed by atoms with Crippen molar-refractivity contribution in [2.75, 3.05) is 55.9 Å². The minimum atomic E-state index is -4.79. The van der Waals surface area contributed by atoms with Gasteiger partial charge in [0, 0.05) is 57.2 Å². The van der Waals surface area contributed by atoms with Gasteiger partial charge in [0.25, 0.3) is 5.91 Å². The molecule has 0 bridgehead atoms. The number of amides is 2. The number of thiazole rings is 1. The van der Waals surface area contributed by atoms with E-state index in [1.54, 1.807) is 60.4 Å². The highest BCUT2D eigenvalue weighted by Gasteiger charge is 2.51. The second-order valence-electron chi connectivity index (χ2n) is 21.3. The minimum Gasteiger partial charge on any atom is -0.494 e. The van der Waals surface area contributed by atoms with Gasteiger partial charge in [0.05, 0.1) is 45.6 Å². The molecule has 0 spiro atoms. The summed E-state index contributed by atoms with van der Waals surface area (Å²) < 4.78 is 59.0. The van der Waals surface area contributed by atoms with Crippen LogP contribution in [-0.2, 0) is 31.8 Å². The summed E-state index contributed by atoms with van der Waals surface area (Å²) in [7, 11) is 0. The summed E-state index contributed by atoms with van der Waals surface area (Å²) in [5.74, 6) is 0.340. The van der Waals surface area contributed by atoms with Crippen LogP contribution in [0.5, 0.6) is 5.75 Å². The van der Waals surface area contributed by atoms with Crippen LogP contribution in [0.25, 0.3) is 10.4 Å². The summed E-state index contributed by atoms with van der Waals surface area (Å²) in [5, 5.41) is 27.2. The number of ether oxygens (including phenoxy) is 3. The number of halogens is 3. The fraction of sp³-hybridized carbons (Fsp3) is 0.537. The summed E-state index contributed by atoms with van der Waals surface area (Å²) in [5.41, 5.74) is 2.41. The molecule has 72 heavy (non-hydrogen) atoms. The number of benzene rings is 3. The first-order chi connectivity index (χ1) is 33.9. The van der Waals surface area contributed by atoms with E-state index in [1.165, 1.54) is 10.9 Å². The van der Waals surface area contributed by atoms with Crippen LogP contribution in [0.2, 0.25) is 0 Å². The Morgan fingerprint density at radius 2 is 1.65 bits per heavy atom. The summed E-state index contributed by atoms with van der Waals surface area (Å²) in [6.07, 6.45) is -2.47. The van der Waals surface area contributed by atoms with Gasteiger partial charge in [-0.25, -0.2) is 4.98 Å². The molecule has 18 heteroatoms. The van der Waals surface area contributed by atoms with Crippen molar-refractivity contribution in [1.29, 1.82) is 5.26 Å². The van der Waals surface area contributed by atoms with Crippen molar-refractivity contribution >= 4 is 51.9 Å². The molecule has 0 aliphatic carbocycles. The number of aryl methyl sites for hydroxylation is 1.